The van der Waals surface area contributed by atoms with Crippen molar-refractivity contribution in [1.82, 2.24) is 5.32 Å². The third-order valence-corrected chi connectivity index (χ3v) is 4.53. The molecule has 0 radical (unpaired) electrons. The summed E-state index contributed by atoms with van der Waals surface area (Å²) in [6, 6.07) is 13.7. The predicted molar refractivity (Wildman–Crippen MR) is 105 cm³/mol. The first kappa shape index (κ1) is 19.8. The molecule has 0 saturated carbocycles. The van der Waals surface area contributed by atoms with Crippen LogP contribution in [0.4, 0.5) is 0 Å². The Morgan fingerprint density at radius 3 is 2.31 bits per heavy atom. The largest absolute Gasteiger partial charge is 0.493 e. The van der Waals surface area contributed by atoms with Crippen LogP contribution < -0.4 is 14.8 Å². The summed E-state index contributed by atoms with van der Waals surface area (Å²) >= 11 is 0. The standard InChI is InChI=1S/C22H29NO3/c1-6-18(17-13-12-15(3)14-16(17)4)23-22(24)19(7-2)26-21-11-9-8-10-20(21)25-5/h8-14,18-19H,6-7H2,1-5H3,(H,23,24). The van der Waals surface area contributed by atoms with Crippen molar-refractivity contribution in [2.24, 2.45) is 0 Å². The van der Waals surface area contributed by atoms with E-state index in [1.54, 1.807) is 7.11 Å². The average molecular weight is 355 g/mol. The van der Waals surface area contributed by atoms with Crippen molar-refractivity contribution in [3.05, 3.63) is 59.2 Å². The van der Waals surface area contributed by atoms with Gasteiger partial charge in [-0.15, -0.1) is 0 Å². The summed E-state index contributed by atoms with van der Waals surface area (Å²) in [6.45, 7) is 8.17. The van der Waals surface area contributed by atoms with Gasteiger partial charge in [0.1, 0.15) is 0 Å². The van der Waals surface area contributed by atoms with Gasteiger partial charge in [0.15, 0.2) is 17.6 Å². The van der Waals surface area contributed by atoms with Gasteiger partial charge in [-0.3, -0.25) is 4.79 Å². The van der Waals surface area contributed by atoms with Crippen molar-refractivity contribution in [2.75, 3.05) is 7.11 Å². The number of hydrogen-bond acceptors (Lipinski definition) is 3. The van der Waals surface area contributed by atoms with Crippen LogP contribution in [-0.4, -0.2) is 19.1 Å². The third kappa shape index (κ3) is 4.78. The van der Waals surface area contributed by atoms with Crippen LogP contribution in [0.25, 0.3) is 0 Å². The van der Waals surface area contributed by atoms with E-state index in [1.165, 1.54) is 11.1 Å². The number of methoxy groups -OCH3 is 1. The second-order valence-electron chi connectivity index (χ2n) is 6.50. The SMILES string of the molecule is CCC(Oc1ccccc1OC)C(=O)NC(CC)c1ccc(C)cc1C. The Bertz CT molecular complexity index is 742. The second-order valence-corrected chi connectivity index (χ2v) is 6.50. The molecule has 0 saturated heterocycles. The summed E-state index contributed by atoms with van der Waals surface area (Å²) in [4.78, 5) is 12.8. The van der Waals surface area contributed by atoms with Gasteiger partial charge < -0.3 is 14.8 Å². The summed E-state index contributed by atoms with van der Waals surface area (Å²) in [7, 11) is 1.59. The molecule has 0 aliphatic heterocycles. The molecule has 0 aliphatic rings. The number of ether oxygens (including phenoxy) is 2. The fraction of sp³-hybridized carbons (Fsp3) is 0.409. The quantitative estimate of drug-likeness (QED) is 0.744. The van der Waals surface area contributed by atoms with Crippen molar-refractivity contribution in [3.63, 3.8) is 0 Å². The molecule has 1 N–H and O–H groups in total. The van der Waals surface area contributed by atoms with Gasteiger partial charge in [-0.05, 0) is 49.9 Å². The first-order chi connectivity index (χ1) is 12.5. The number of carbonyl (C=O) groups is 1. The Hall–Kier alpha value is -2.49. The molecule has 4 nitrogen and oxygen atoms in total. The van der Waals surface area contributed by atoms with Crippen LogP contribution in [0, 0.1) is 13.8 Å². The maximum absolute atomic E-state index is 12.8. The Balaban J connectivity index is 2.14. The highest BCUT2D eigenvalue weighted by Gasteiger charge is 2.23. The summed E-state index contributed by atoms with van der Waals surface area (Å²) in [5.41, 5.74) is 3.56. The summed E-state index contributed by atoms with van der Waals surface area (Å²) < 4.78 is 11.3. The van der Waals surface area contributed by atoms with Crippen molar-refractivity contribution in [1.29, 1.82) is 0 Å². The van der Waals surface area contributed by atoms with E-state index in [1.807, 2.05) is 31.2 Å². The lowest BCUT2D eigenvalue weighted by atomic mass is 9.97. The van der Waals surface area contributed by atoms with Crippen LogP contribution in [0.15, 0.2) is 42.5 Å². The second kappa shape index (κ2) is 9.27. The molecule has 2 unspecified atom stereocenters. The zero-order chi connectivity index (χ0) is 19.1. The highest BCUT2D eigenvalue weighted by atomic mass is 16.5. The van der Waals surface area contributed by atoms with Crippen LogP contribution in [0.2, 0.25) is 0 Å². The molecule has 0 bridgehead atoms. The first-order valence-corrected chi connectivity index (χ1v) is 9.17. The van der Waals surface area contributed by atoms with E-state index in [2.05, 4.69) is 44.3 Å². The van der Waals surface area contributed by atoms with Gasteiger partial charge in [-0.25, -0.2) is 0 Å². The molecule has 2 atom stereocenters. The fourth-order valence-corrected chi connectivity index (χ4v) is 3.07. The number of nitrogens with one attached hydrogen (secondary N) is 1. The normalized spacial score (nSPS) is 13.0. The smallest absolute Gasteiger partial charge is 0.261 e. The minimum atomic E-state index is -0.564. The fourth-order valence-electron chi connectivity index (χ4n) is 3.07. The van der Waals surface area contributed by atoms with E-state index in [4.69, 9.17) is 9.47 Å². The van der Waals surface area contributed by atoms with Crippen molar-refractivity contribution in [2.45, 2.75) is 52.7 Å². The van der Waals surface area contributed by atoms with E-state index in [0.29, 0.717) is 17.9 Å². The molecular formula is C22H29NO3. The highest BCUT2D eigenvalue weighted by molar-refractivity contribution is 5.81. The van der Waals surface area contributed by atoms with Gasteiger partial charge in [0, 0.05) is 0 Å². The van der Waals surface area contributed by atoms with E-state index in [9.17, 15) is 4.79 Å². The Kier molecular flexibility index (Phi) is 7.07. The molecular weight excluding hydrogens is 326 g/mol. The Morgan fingerprint density at radius 1 is 1.04 bits per heavy atom. The van der Waals surface area contributed by atoms with E-state index in [-0.39, 0.29) is 11.9 Å². The van der Waals surface area contributed by atoms with Gasteiger partial charge in [-0.2, -0.15) is 0 Å². The zero-order valence-corrected chi connectivity index (χ0v) is 16.3. The third-order valence-electron chi connectivity index (χ3n) is 4.53. The summed E-state index contributed by atoms with van der Waals surface area (Å²) in [5.74, 6) is 1.10. The molecule has 140 valence electrons. The molecule has 0 aromatic heterocycles. The van der Waals surface area contributed by atoms with Crippen LogP contribution in [0.5, 0.6) is 11.5 Å². The topological polar surface area (TPSA) is 47.6 Å². The molecule has 1 amide bonds. The molecule has 0 spiro atoms. The van der Waals surface area contributed by atoms with Gasteiger partial charge in [-0.1, -0.05) is 49.7 Å². The number of rotatable bonds is 8. The predicted octanol–water partition coefficient (Wildman–Crippen LogP) is 4.74. The molecule has 0 heterocycles. The van der Waals surface area contributed by atoms with Gasteiger partial charge in [0.25, 0.3) is 5.91 Å². The molecule has 0 aliphatic carbocycles. The van der Waals surface area contributed by atoms with E-state index in [0.717, 1.165) is 12.0 Å². The van der Waals surface area contributed by atoms with Crippen LogP contribution in [0.1, 0.15) is 49.4 Å². The molecule has 26 heavy (non-hydrogen) atoms. The van der Waals surface area contributed by atoms with Crippen molar-refractivity contribution < 1.29 is 14.3 Å². The maximum Gasteiger partial charge on any atom is 0.261 e. The van der Waals surface area contributed by atoms with Gasteiger partial charge in [0.05, 0.1) is 13.2 Å². The number of hydrogen-bond donors (Lipinski definition) is 1. The van der Waals surface area contributed by atoms with Crippen molar-refractivity contribution in [3.8, 4) is 11.5 Å². The number of benzene rings is 2. The first-order valence-electron chi connectivity index (χ1n) is 9.17. The Labute approximate surface area is 156 Å². The van der Waals surface area contributed by atoms with E-state index >= 15 is 0 Å². The minimum absolute atomic E-state index is 0.0292. The van der Waals surface area contributed by atoms with Crippen LogP contribution >= 0.6 is 0 Å². The Morgan fingerprint density at radius 2 is 1.73 bits per heavy atom. The number of amides is 1. The molecule has 0 fully saturated rings. The lowest BCUT2D eigenvalue weighted by molar-refractivity contribution is -0.129. The summed E-state index contributed by atoms with van der Waals surface area (Å²) in [6.07, 6.45) is 0.833. The van der Waals surface area contributed by atoms with Gasteiger partial charge >= 0.3 is 0 Å². The lowest BCUT2D eigenvalue weighted by Gasteiger charge is -2.24. The average Bonchev–Trinajstić information content (AvgIpc) is 2.64. The van der Waals surface area contributed by atoms with Crippen molar-refractivity contribution >= 4 is 5.91 Å². The van der Waals surface area contributed by atoms with Gasteiger partial charge in [0.2, 0.25) is 0 Å². The molecule has 2 aromatic carbocycles. The highest BCUT2D eigenvalue weighted by Crippen LogP contribution is 2.28. The number of para-hydroxylation sites is 2. The van der Waals surface area contributed by atoms with E-state index < -0.39 is 6.10 Å². The molecule has 2 aromatic rings. The lowest BCUT2D eigenvalue weighted by Crippen LogP contribution is -2.40. The van der Waals surface area contributed by atoms with Crippen LogP contribution in [-0.2, 0) is 4.79 Å². The number of carbonyl (C=O) groups excluding carboxylic acids is 1. The maximum atomic E-state index is 12.8. The van der Waals surface area contributed by atoms with Crippen LogP contribution in [0.3, 0.4) is 0 Å². The summed E-state index contributed by atoms with van der Waals surface area (Å²) in [5, 5.41) is 3.15. The minimum Gasteiger partial charge on any atom is -0.493 e. The monoisotopic (exact) mass is 355 g/mol. The molecule has 4 heteroatoms. The zero-order valence-electron chi connectivity index (χ0n) is 16.3. The molecule has 2 rings (SSSR count). The number of aryl methyl sites for hydroxylation is 2.